The number of anilines is 1. The molecule has 1 aliphatic heterocycles. The molecular weight excluding hydrogens is 419 g/mol. The number of para-hydroxylation sites is 1. The van der Waals surface area contributed by atoms with E-state index in [4.69, 9.17) is 23.2 Å². The second-order valence-electron chi connectivity index (χ2n) is 7.68. The molecule has 1 heterocycles. The number of hydrogen-bond donors (Lipinski definition) is 2. The van der Waals surface area contributed by atoms with Crippen LogP contribution in [0.3, 0.4) is 0 Å². The van der Waals surface area contributed by atoms with E-state index >= 15 is 0 Å². The highest BCUT2D eigenvalue weighted by Gasteiger charge is 2.39. The lowest BCUT2D eigenvalue weighted by Gasteiger charge is -2.35. The molecule has 1 atom stereocenters. The van der Waals surface area contributed by atoms with E-state index in [9.17, 15) is 9.59 Å². The summed E-state index contributed by atoms with van der Waals surface area (Å²) >= 11 is 12.9. The molecule has 1 unspecified atom stereocenters. The van der Waals surface area contributed by atoms with Gasteiger partial charge in [-0.25, -0.2) is 0 Å². The Balaban J connectivity index is 1.85. The minimum atomic E-state index is -0.565. The van der Waals surface area contributed by atoms with Crippen molar-refractivity contribution in [2.24, 2.45) is 0 Å². The molecule has 4 nitrogen and oxygen atoms in total. The Labute approximate surface area is 186 Å². The first-order valence-corrected chi connectivity index (χ1v) is 10.7. The van der Waals surface area contributed by atoms with Crippen LogP contribution < -0.4 is 10.6 Å². The van der Waals surface area contributed by atoms with Crippen molar-refractivity contribution in [3.63, 3.8) is 0 Å². The van der Waals surface area contributed by atoms with Crippen molar-refractivity contribution in [1.82, 2.24) is 5.32 Å². The third kappa shape index (κ3) is 3.66. The fourth-order valence-corrected chi connectivity index (χ4v) is 4.66. The standard InChI is InChI=1S/C24H22Cl2N2O2/c1-13-7-3-4-10-17(13)28-24(30)20-14(2)27-18-11-6-12-19(29)22(18)21(20)15-8-5-9-16(25)23(15)26/h3-5,7-10,21,27H,6,11-12H2,1-2H3,(H,28,30). The molecule has 0 spiro atoms. The van der Waals surface area contributed by atoms with Gasteiger partial charge in [-0.2, -0.15) is 0 Å². The zero-order valence-electron chi connectivity index (χ0n) is 16.8. The van der Waals surface area contributed by atoms with E-state index in [0.29, 0.717) is 33.2 Å². The highest BCUT2D eigenvalue weighted by molar-refractivity contribution is 6.42. The fourth-order valence-electron chi connectivity index (χ4n) is 4.24. The molecule has 0 bridgehead atoms. The van der Waals surface area contributed by atoms with Crippen molar-refractivity contribution in [2.75, 3.05) is 5.32 Å². The van der Waals surface area contributed by atoms with Gasteiger partial charge in [-0.1, -0.05) is 53.5 Å². The number of halogens is 2. The summed E-state index contributed by atoms with van der Waals surface area (Å²) in [5, 5.41) is 7.09. The van der Waals surface area contributed by atoms with Gasteiger partial charge in [-0.05, 0) is 49.9 Å². The maximum absolute atomic E-state index is 13.5. The summed E-state index contributed by atoms with van der Waals surface area (Å²) < 4.78 is 0. The molecule has 2 aliphatic rings. The minimum Gasteiger partial charge on any atom is -0.362 e. The zero-order valence-corrected chi connectivity index (χ0v) is 18.3. The topological polar surface area (TPSA) is 58.2 Å². The first-order chi connectivity index (χ1) is 14.4. The predicted octanol–water partition coefficient (Wildman–Crippen LogP) is 5.91. The summed E-state index contributed by atoms with van der Waals surface area (Å²) in [4.78, 5) is 26.4. The largest absolute Gasteiger partial charge is 0.362 e. The number of amides is 1. The van der Waals surface area contributed by atoms with Gasteiger partial charge in [-0.15, -0.1) is 0 Å². The molecule has 0 saturated heterocycles. The third-order valence-corrected chi connectivity index (χ3v) is 6.54. The zero-order chi connectivity index (χ0) is 21.4. The molecule has 2 N–H and O–H groups in total. The van der Waals surface area contributed by atoms with Crippen LogP contribution in [0.4, 0.5) is 5.69 Å². The molecule has 30 heavy (non-hydrogen) atoms. The first kappa shape index (κ1) is 20.7. The van der Waals surface area contributed by atoms with E-state index in [2.05, 4.69) is 10.6 Å². The van der Waals surface area contributed by atoms with Gasteiger partial charge in [0.1, 0.15) is 0 Å². The Morgan fingerprint density at radius 3 is 2.60 bits per heavy atom. The van der Waals surface area contributed by atoms with Crippen LogP contribution in [0.2, 0.25) is 10.0 Å². The average molecular weight is 441 g/mol. The molecule has 1 aliphatic carbocycles. The summed E-state index contributed by atoms with van der Waals surface area (Å²) in [5.41, 5.74) is 5.05. The number of carbonyl (C=O) groups is 2. The maximum atomic E-state index is 13.5. The Kier molecular flexibility index (Phi) is 5.72. The molecular formula is C24H22Cl2N2O2. The highest BCUT2D eigenvalue weighted by atomic mass is 35.5. The van der Waals surface area contributed by atoms with Crippen LogP contribution in [0.25, 0.3) is 0 Å². The third-order valence-electron chi connectivity index (χ3n) is 5.71. The number of nitrogens with one attached hydrogen (secondary N) is 2. The lowest BCUT2D eigenvalue weighted by atomic mass is 9.75. The van der Waals surface area contributed by atoms with Crippen LogP contribution in [0.1, 0.15) is 43.2 Å². The van der Waals surface area contributed by atoms with Crippen LogP contribution in [0.15, 0.2) is 65.0 Å². The second-order valence-corrected chi connectivity index (χ2v) is 8.46. The Morgan fingerprint density at radius 2 is 1.83 bits per heavy atom. The Morgan fingerprint density at radius 1 is 1.07 bits per heavy atom. The van der Waals surface area contributed by atoms with Crippen molar-refractivity contribution in [2.45, 2.75) is 39.0 Å². The second kappa shape index (κ2) is 8.29. The molecule has 1 amide bonds. The van der Waals surface area contributed by atoms with Gasteiger partial charge in [0.05, 0.1) is 10.0 Å². The van der Waals surface area contributed by atoms with Crippen LogP contribution in [-0.4, -0.2) is 11.7 Å². The number of hydrogen-bond acceptors (Lipinski definition) is 3. The molecule has 0 saturated carbocycles. The van der Waals surface area contributed by atoms with E-state index in [-0.39, 0.29) is 11.7 Å². The van der Waals surface area contributed by atoms with Crippen molar-refractivity contribution in [3.8, 4) is 0 Å². The van der Waals surface area contributed by atoms with Crippen molar-refractivity contribution in [1.29, 1.82) is 0 Å². The SMILES string of the molecule is CC1=C(C(=O)Nc2ccccc2C)C(c2cccc(Cl)c2Cl)C2=C(CCCC2=O)N1. The number of dihydropyridines is 1. The number of benzene rings is 2. The molecule has 4 rings (SSSR count). The van der Waals surface area contributed by atoms with Crippen LogP contribution >= 0.6 is 23.2 Å². The number of carbonyl (C=O) groups excluding carboxylic acids is 2. The number of aryl methyl sites for hydroxylation is 1. The predicted molar refractivity (Wildman–Crippen MR) is 121 cm³/mol. The van der Waals surface area contributed by atoms with Crippen LogP contribution in [0.5, 0.6) is 0 Å². The fraction of sp³-hybridized carbons (Fsp3) is 0.250. The summed E-state index contributed by atoms with van der Waals surface area (Å²) in [6.07, 6.45) is 2.01. The number of rotatable bonds is 3. The van der Waals surface area contributed by atoms with E-state index in [1.54, 1.807) is 12.1 Å². The van der Waals surface area contributed by atoms with Gasteiger partial charge >= 0.3 is 0 Å². The molecule has 2 aromatic carbocycles. The summed E-state index contributed by atoms with van der Waals surface area (Å²) in [6, 6.07) is 12.9. The minimum absolute atomic E-state index is 0.0403. The normalized spacial score (nSPS) is 18.8. The van der Waals surface area contributed by atoms with Gasteiger partial charge in [0.15, 0.2) is 5.78 Å². The Hall–Kier alpha value is -2.56. The number of ketones is 1. The van der Waals surface area contributed by atoms with Gasteiger partial charge in [0.2, 0.25) is 0 Å². The van der Waals surface area contributed by atoms with Gasteiger partial charge in [0.25, 0.3) is 5.91 Å². The van der Waals surface area contributed by atoms with E-state index in [0.717, 1.165) is 35.5 Å². The monoisotopic (exact) mass is 440 g/mol. The summed E-state index contributed by atoms with van der Waals surface area (Å²) in [7, 11) is 0. The highest BCUT2D eigenvalue weighted by Crippen LogP contribution is 2.45. The lowest BCUT2D eigenvalue weighted by molar-refractivity contribution is -0.116. The molecule has 2 aromatic rings. The lowest BCUT2D eigenvalue weighted by Crippen LogP contribution is -2.35. The smallest absolute Gasteiger partial charge is 0.254 e. The van der Waals surface area contributed by atoms with Crippen LogP contribution in [-0.2, 0) is 9.59 Å². The van der Waals surface area contributed by atoms with E-state index < -0.39 is 5.92 Å². The first-order valence-electron chi connectivity index (χ1n) is 9.93. The van der Waals surface area contributed by atoms with Gasteiger partial charge < -0.3 is 10.6 Å². The van der Waals surface area contributed by atoms with Crippen molar-refractivity contribution in [3.05, 3.63) is 86.2 Å². The molecule has 6 heteroatoms. The molecule has 154 valence electrons. The van der Waals surface area contributed by atoms with Crippen molar-refractivity contribution >= 4 is 40.6 Å². The quantitative estimate of drug-likeness (QED) is 0.623. The average Bonchev–Trinajstić information content (AvgIpc) is 2.71. The number of Topliss-reactive ketones (excluding diaryl/α,β-unsaturated/α-hetero) is 1. The van der Waals surface area contributed by atoms with Gasteiger partial charge in [-0.3, -0.25) is 9.59 Å². The number of allylic oxidation sites excluding steroid dienone is 3. The molecule has 0 aromatic heterocycles. The van der Waals surface area contributed by atoms with Crippen molar-refractivity contribution < 1.29 is 9.59 Å². The summed E-state index contributed by atoms with van der Waals surface area (Å²) in [5.74, 6) is -0.789. The summed E-state index contributed by atoms with van der Waals surface area (Å²) in [6.45, 7) is 3.80. The molecule has 0 fully saturated rings. The maximum Gasteiger partial charge on any atom is 0.254 e. The van der Waals surface area contributed by atoms with E-state index in [1.165, 1.54) is 0 Å². The molecule has 0 radical (unpaired) electrons. The van der Waals surface area contributed by atoms with E-state index in [1.807, 2.05) is 44.2 Å². The van der Waals surface area contributed by atoms with Gasteiger partial charge in [0, 0.05) is 40.6 Å². The van der Waals surface area contributed by atoms with Crippen LogP contribution in [0, 0.1) is 6.92 Å². The Bertz CT molecular complexity index is 1120.